The fourth-order valence-electron chi connectivity index (χ4n) is 3.21. The van der Waals surface area contributed by atoms with Crippen molar-refractivity contribution in [2.75, 3.05) is 36.4 Å². The second kappa shape index (κ2) is 7.07. The maximum atomic E-state index is 5.65. The van der Waals surface area contributed by atoms with Crippen LogP contribution in [0.15, 0.2) is 66.9 Å². The average Bonchev–Trinajstić information content (AvgIpc) is 2.69. The molecule has 25 heavy (non-hydrogen) atoms. The number of nitrogens with zero attached hydrogens (tertiary/aromatic N) is 3. The van der Waals surface area contributed by atoms with Gasteiger partial charge in [-0.3, -0.25) is 0 Å². The Hall–Kier alpha value is -2.66. The van der Waals surface area contributed by atoms with Crippen LogP contribution in [0.1, 0.15) is 0 Å². The van der Waals surface area contributed by atoms with Crippen molar-refractivity contribution in [1.82, 2.24) is 9.88 Å². The van der Waals surface area contributed by atoms with Gasteiger partial charge >= 0.3 is 0 Å². The van der Waals surface area contributed by atoms with Crippen molar-refractivity contribution in [2.45, 2.75) is 0 Å². The number of fused-ring (bicyclic) bond motifs is 1. The van der Waals surface area contributed by atoms with Gasteiger partial charge < -0.3 is 15.1 Å². The fraction of sp³-hybridized carbons (Fsp3) is 0.200. The summed E-state index contributed by atoms with van der Waals surface area (Å²) in [7, 11) is 0. The van der Waals surface area contributed by atoms with Gasteiger partial charge in [0.1, 0.15) is 5.82 Å². The molecule has 1 aliphatic rings. The van der Waals surface area contributed by atoms with Crippen molar-refractivity contribution >= 4 is 39.6 Å². The van der Waals surface area contributed by atoms with E-state index in [0.717, 1.165) is 42.8 Å². The van der Waals surface area contributed by atoms with Crippen LogP contribution in [0.2, 0.25) is 0 Å². The molecule has 4 nitrogen and oxygen atoms in total. The molecule has 1 N–H and O–H groups in total. The highest BCUT2D eigenvalue weighted by molar-refractivity contribution is 7.80. The third-order valence-electron chi connectivity index (χ3n) is 4.57. The maximum absolute atomic E-state index is 5.65. The van der Waals surface area contributed by atoms with E-state index in [2.05, 4.69) is 68.6 Å². The lowest BCUT2D eigenvalue weighted by atomic mass is 10.1. The first-order valence-corrected chi connectivity index (χ1v) is 8.92. The Morgan fingerprint density at radius 2 is 1.64 bits per heavy atom. The molecule has 0 bridgehead atoms. The van der Waals surface area contributed by atoms with Gasteiger partial charge in [0.15, 0.2) is 5.11 Å². The number of anilines is 2. The van der Waals surface area contributed by atoms with Crippen molar-refractivity contribution in [1.29, 1.82) is 0 Å². The predicted molar refractivity (Wildman–Crippen MR) is 108 cm³/mol. The van der Waals surface area contributed by atoms with E-state index in [-0.39, 0.29) is 0 Å². The van der Waals surface area contributed by atoms with E-state index >= 15 is 0 Å². The molecule has 0 unspecified atom stereocenters. The van der Waals surface area contributed by atoms with Gasteiger partial charge in [0, 0.05) is 43.4 Å². The molecule has 1 fully saturated rings. The Morgan fingerprint density at radius 3 is 2.44 bits per heavy atom. The number of pyridine rings is 1. The van der Waals surface area contributed by atoms with Crippen molar-refractivity contribution in [2.24, 2.45) is 0 Å². The minimum Gasteiger partial charge on any atom is -0.353 e. The minimum absolute atomic E-state index is 0.789. The number of benzene rings is 2. The molecule has 126 valence electrons. The molecule has 1 aliphatic heterocycles. The van der Waals surface area contributed by atoms with Crippen molar-refractivity contribution in [3.63, 3.8) is 0 Å². The van der Waals surface area contributed by atoms with Crippen LogP contribution in [0.5, 0.6) is 0 Å². The highest BCUT2D eigenvalue weighted by Gasteiger charge is 2.20. The lowest BCUT2D eigenvalue weighted by Crippen LogP contribution is -2.50. The molecule has 0 radical (unpaired) electrons. The van der Waals surface area contributed by atoms with Crippen LogP contribution in [0.3, 0.4) is 0 Å². The summed E-state index contributed by atoms with van der Waals surface area (Å²) in [5.41, 5.74) is 1.07. The van der Waals surface area contributed by atoms with Crippen molar-refractivity contribution in [3.8, 4) is 0 Å². The minimum atomic E-state index is 0.789. The molecule has 1 aromatic heterocycles. The summed E-state index contributed by atoms with van der Waals surface area (Å²) in [6.45, 7) is 3.64. The molecule has 2 heterocycles. The third kappa shape index (κ3) is 3.42. The highest BCUT2D eigenvalue weighted by atomic mass is 32.1. The summed E-state index contributed by atoms with van der Waals surface area (Å²) < 4.78 is 0. The van der Waals surface area contributed by atoms with E-state index in [1.807, 2.05) is 18.3 Å². The number of hydrogen-bond acceptors (Lipinski definition) is 3. The first-order chi connectivity index (χ1) is 12.3. The molecule has 0 atom stereocenters. The largest absolute Gasteiger partial charge is 0.353 e. The Morgan fingerprint density at radius 1 is 0.880 bits per heavy atom. The summed E-state index contributed by atoms with van der Waals surface area (Å²) in [5, 5.41) is 6.63. The quantitative estimate of drug-likeness (QED) is 0.713. The van der Waals surface area contributed by atoms with E-state index in [1.165, 1.54) is 10.8 Å². The second-order valence-electron chi connectivity index (χ2n) is 6.12. The molecular weight excluding hydrogens is 328 g/mol. The zero-order chi connectivity index (χ0) is 17.1. The molecule has 3 aromatic rings. The molecule has 2 aromatic carbocycles. The van der Waals surface area contributed by atoms with Crippen molar-refractivity contribution < 1.29 is 0 Å². The lowest BCUT2D eigenvalue weighted by Gasteiger charge is -2.36. The standard InChI is InChI=1S/C20H20N4S/c25-20(22-18-9-5-7-16-6-1-2-8-17(16)18)24-14-12-23(13-15-24)19-10-3-4-11-21-19/h1-11H,12-15H2,(H,22,25). The van der Waals surface area contributed by atoms with Gasteiger partial charge in [-0.2, -0.15) is 0 Å². The number of nitrogens with one attached hydrogen (secondary N) is 1. The van der Waals surface area contributed by atoms with E-state index in [9.17, 15) is 0 Å². The average molecular weight is 348 g/mol. The first-order valence-electron chi connectivity index (χ1n) is 8.51. The number of hydrogen-bond donors (Lipinski definition) is 1. The van der Waals surface area contributed by atoms with Crippen LogP contribution in [0.25, 0.3) is 10.8 Å². The first kappa shape index (κ1) is 15.8. The molecule has 0 saturated carbocycles. The third-order valence-corrected chi connectivity index (χ3v) is 4.93. The topological polar surface area (TPSA) is 31.4 Å². The molecule has 0 amide bonds. The van der Waals surface area contributed by atoms with Crippen LogP contribution in [0, 0.1) is 0 Å². The zero-order valence-corrected chi connectivity index (χ0v) is 14.7. The van der Waals surface area contributed by atoms with Gasteiger partial charge in [-0.05, 0) is 35.8 Å². The summed E-state index contributed by atoms with van der Waals surface area (Å²) >= 11 is 5.65. The number of rotatable bonds is 2. The fourth-order valence-corrected chi connectivity index (χ4v) is 3.50. The van der Waals surface area contributed by atoms with E-state index in [4.69, 9.17) is 12.2 Å². The van der Waals surface area contributed by atoms with Crippen LogP contribution >= 0.6 is 12.2 Å². The molecule has 0 spiro atoms. The maximum Gasteiger partial charge on any atom is 0.173 e. The van der Waals surface area contributed by atoms with Gasteiger partial charge in [-0.25, -0.2) is 4.98 Å². The molecule has 1 saturated heterocycles. The Balaban J connectivity index is 1.42. The monoisotopic (exact) mass is 348 g/mol. The molecule has 4 rings (SSSR count). The van der Waals surface area contributed by atoms with Gasteiger partial charge in [0.2, 0.25) is 0 Å². The number of aromatic nitrogens is 1. The molecule has 5 heteroatoms. The van der Waals surface area contributed by atoms with Gasteiger partial charge in [0.05, 0.1) is 0 Å². The molecule has 0 aliphatic carbocycles. The normalized spacial score (nSPS) is 14.6. The Bertz CT molecular complexity index is 868. The molecular formula is C20H20N4S. The van der Waals surface area contributed by atoms with E-state index in [1.54, 1.807) is 0 Å². The predicted octanol–water partition coefficient (Wildman–Crippen LogP) is 3.75. The SMILES string of the molecule is S=C(Nc1cccc2ccccc12)N1CCN(c2ccccn2)CC1. The van der Waals surface area contributed by atoms with Crippen molar-refractivity contribution in [3.05, 3.63) is 66.9 Å². The second-order valence-corrected chi connectivity index (χ2v) is 6.51. The van der Waals surface area contributed by atoms with Crippen LogP contribution < -0.4 is 10.2 Å². The van der Waals surface area contributed by atoms with Crippen LogP contribution in [-0.4, -0.2) is 41.2 Å². The zero-order valence-electron chi connectivity index (χ0n) is 13.9. The highest BCUT2D eigenvalue weighted by Crippen LogP contribution is 2.23. The summed E-state index contributed by atoms with van der Waals surface area (Å²) in [5.74, 6) is 1.04. The van der Waals surface area contributed by atoms with Gasteiger partial charge in [0.25, 0.3) is 0 Å². The van der Waals surface area contributed by atoms with Crippen LogP contribution in [-0.2, 0) is 0 Å². The van der Waals surface area contributed by atoms with E-state index < -0.39 is 0 Å². The van der Waals surface area contributed by atoms with Crippen LogP contribution in [0.4, 0.5) is 11.5 Å². The summed E-state index contributed by atoms with van der Waals surface area (Å²) in [6, 6.07) is 20.7. The Kier molecular flexibility index (Phi) is 4.48. The van der Waals surface area contributed by atoms with Gasteiger partial charge in [-0.1, -0.05) is 42.5 Å². The van der Waals surface area contributed by atoms with Gasteiger partial charge in [-0.15, -0.1) is 0 Å². The number of thiocarbonyl (C=S) groups is 1. The summed E-state index contributed by atoms with van der Waals surface area (Å²) in [6.07, 6.45) is 1.84. The lowest BCUT2D eigenvalue weighted by molar-refractivity contribution is 0.389. The van der Waals surface area contributed by atoms with E-state index in [0.29, 0.717) is 0 Å². The summed E-state index contributed by atoms with van der Waals surface area (Å²) in [4.78, 5) is 8.97. The number of piperazine rings is 1. The smallest absolute Gasteiger partial charge is 0.173 e. The Labute approximate surface area is 153 Å².